The molecule has 1 aromatic rings. The number of guanidine groups is 1. The van der Waals surface area contributed by atoms with Crippen LogP contribution in [0.15, 0.2) is 23.2 Å². The lowest BCUT2D eigenvalue weighted by molar-refractivity contribution is -0.135. The molecule has 0 atom stereocenters. The Hall–Kier alpha value is -1.89. The van der Waals surface area contributed by atoms with Gasteiger partial charge in [-0.3, -0.25) is 9.79 Å². The fraction of sp³-hybridized carbons (Fsp3) is 0.471. The van der Waals surface area contributed by atoms with Gasteiger partial charge in [0.15, 0.2) is 5.96 Å². The van der Waals surface area contributed by atoms with Crippen molar-refractivity contribution in [2.75, 3.05) is 26.7 Å². The highest BCUT2D eigenvalue weighted by Crippen LogP contribution is 2.28. The molecular formula is C17H21FIN5O. The van der Waals surface area contributed by atoms with Gasteiger partial charge in [-0.15, -0.1) is 24.0 Å². The molecule has 0 bridgehead atoms. The van der Waals surface area contributed by atoms with Crippen molar-refractivity contribution in [3.05, 3.63) is 35.1 Å². The first-order valence-electron chi connectivity index (χ1n) is 8.06. The van der Waals surface area contributed by atoms with Gasteiger partial charge in [0, 0.05) is 38.3 Å². The van der Waals surface area contributed by atoms with Crippen molar-refractivity contribution in [3.63, 3.8) is 0 Å². The fourth-order valence-electron chi connectivity index (χ4n) is 2.93. The Morgan fingerprint density at radius 3 is 2.80 bits per heavy atom. The number of aliphatic imine (C=N–C) groups is 1. The average Bonchev–Trinajstić information content (AvgIpc) is 3.42. The predicted molar refractivity (Wildman–Crippen MR) is 103 cm³/mol. The summed E-state index contributed by atoms with van der Waals surface area (Å²) >= 11 is 0. The van der Waals surface area contributed by atoms with Gasteiger partial charge in [0.25, 0.3) is 0 Å². The number of carbonyl (C=O) groups is 1. The summed E-state index contributed by atoms with van der Waals surface area (Å²) in [4.78, 5) is 20.2. The zero-order valence-corrected chi connectivity index (χ0v) is 16.4. The maximum absolute atomic E-state index is 13.8. The Balaban J connectivity index is 0.00000225. The van der Waals surface area contributed by atoms with Gasteiger partial charge in [-0.05, 0) is 31.0 Å². The molecule has 1 amide bonds. The number of halogens is 2. The van der Waals surface area contributed by atoms with Gasteiger partial charge in [0.2, 0.25) is 5.91 Å². The average molecular weight is 457 g/mol. The minimum absolute atomic E-state index is 0. The Kier molecular flexibility index (Phi) is 6.58. The number of carbonyl (C=O) groups excluding carboxylic acids is 1. The monoisotopic (exact) mass is 457 g/mol. The standard InChI is InChI=1S/C17H20FN5O.HI/c1-20-17(21-10-13-8-12(9-19)2-5-15(13)18)22-6-7-23(14-3-4-14)16(24)11-22;/h2,5,8,14H,3-4,6-7,10-11H2,1H3,(H,20,21);1H. The molecule has 2 fully saturated rings. The largest absolute Gasteiger partial charge is 0.352 e. The summed E-state index contributed by atoms with van der Waals surface area (Å²) in [5, 5.41) is 12.0. The first kappa shape index (κ1) is 19.4. The minimum atomic E-state index is -0.369. The lowest BCUT2D eigenvalue weighted by atomic mass is 10.1. The van der Waals surface area contributed by atoms with Crippen molar-refractivity contribution in [2.45, 2.75) is 25.4 Å². The number of hydrogen-bond acceptors (Lipinski definition) is 3. The molecule has 25 heavy (non-hydrogen) atoms. The van der Waals surface area contributed by atoms with E-state index in [2.05, 4.69) is 10.3 Å². The van der Waals surface area contributed by atoms with Gasteiger partial charge < -0.3 is 15.1 Å². The summed E-state index contributed by atoms with van der Waals surface area (Å²) in [6, 6.07) is 6.69. The van der Waals surface area contributed by atoms with Crippen LogP contribution in [0.1, 0.15) is 24.0 Å². The molecule has 1 heterocycles. The molecule has 6 nitrogen and oxygen atoms in total. The van der Waals surface area contributed by atoms with Crippen LogP contribution in [0.5, 0.6) is 0 Å². The van der Waals surface area contributed by atoms with E-state index in [1.807, 2.05) is 15.9 Å². The van der Waals surface area contributed by atoms with Crippen molar-refractivity contribution in [3.8, 4) is 6.07 Å². The van der Waals surface area contributed by atoms with Crippen molar-refractivity contribution in [2.24, 2.45) is 4.99 Å². The second-order valence-corrected chi connectivity index (χ2v) is 6.06. The quantitative estimate of drug-likeness (QED) is 0.426. The molecule has 1 saturated carbocycles. The molecule has 3 rings (SSSR count). The van der Waals surface area contributed by atoms with E-state index in [1.165, 1.54) is 18.2 Å². The van der Waals surface area contributed by atoms with E-state index in [0.29, 0.717) is 36.2 Å². The Morgan fingerprint density at radius 2 is 2.20 bits per heavy atom. The van der Waals surface area contributed by atoms with Crippen LogP contribution >= 0.6 is 24.0 Å². The number of piperazine rings is 1. The van der Waals surface area contributed by atoms with Gasteiger partial charge >= 0.3 is 0 Å². The first-order chi connectivity index (χ1) is 11.6. The molecule has 1 saturated heterocycles. The van der Waals surface area contributed by atoms with Crippen LogP contribution in [0, 0.1) is 17.1 Å². The number of nitrogens with zero attached hydrogens (tertiary/aromatic N) is 4. The molecule has 2 aliphatic rings. The highest BCUT2D eigenvalue weighted by Gasteiger charge is 2.36. The molecule has 0 radical (unpaired) electrons. The number of nitriles is 1. The topological polar surface area (TPSA) is 71.7 Å². The van der Waals surface area contributed by atoms with E-state index in [0.717, 1.165) is 12.8 Å². The van der Waals surface area contributed by atoms with Crippen LogP contribution in [-0.2, 0) is 11.3 Å². The van der Waals surface area contributed by atoms with Gasteiger partial charge in [-0.1, -0.05) is 0 Å². The maximum Gasteiger partial charge on any atom is 0.242 e. The van der Waals surface area contributed by atoms with Crippen molar-refractivity contribution >= 4 is 35.8 Å². The first-order valence-corrected chi connectivity index (χ1v) is 8.06. The molecule has 134 valence electrons. The number of nitrogens with one attached hydrogen (secondary N) is 1. The SMILES string of the molecule is CN=C(NCc1cc(C#N)ccc1F)N1CCN(C2CC2)C(=O)C1.I. The summed E-state index contributed by atoms with van der Waals surface area (Å²) in [6.45, 7) is 1.91. The second-order valence-electron chi connectivity index (χ2n) is 6.06. The third-order valence-electron chi connectivity index (χ3n) is 4.37. The van der Waals surface area contributed by atoms with Crippen molar-refractivity contribution in [1.82, 2.24) is 15.1 Å². The number of rotatable bonds is 3. The normalized spacial score (nSPS) is 17.8. The molecule has 1 aliphatic heterocycles. The lowest BCUT2D eigenvalue weighted by Crippen LogP contribution is -2.55. The molecule has 8 heteroatoms. The van der Waals surface area contributed by atoms with Gasteiger partial charge in [-0.2, -0.15) is 5.26 Å². The zero-order chi connectivity index (χ0) is 17.1. The summed E-state index contributed by atoms with van der Waals surface area (Å²) < 4.78 is 13.8. The maximum atomic E-state index is 13.8. The molecule has 1 aromatic carbocycles. The van der Waals surface area contributed by atoms with Crippen LogP contribution in [-0.4, -0.2) is 54.4 Å². The third kappa shape index (κ3) is 4.60. The highest BCUT2D eigenvalue weighted by molar-refractivity contribution is 14.0. The molecule has 0 aromatic heterocycles. The lowest BCUT2D eigenvalue weighted by Gasteiger charge is -2.36. The minimum Gasteiger partial charge on any atom is -0.352 e. The summed E-state index contributed by atoms with van der Waals surface area (Å²) in [6.07, 6.45) is 2.21. The van der Waals surface area contributed by atoms with Gasteiger partial charge in [-0.25, -0.2) is 4.39 Å². The number of benzene rings is 1. The smallest absolute Gasteiger partial charge is 0.242 e. The van der Waals surface area contributed by atoms with Crippen LogP contribution in [0.3, 0.4) is 0 Å². The molecule has 1 aliphatic carbocycles. The Bertz CT molecular complexity index is 713. The van der Waals surface area contributed by atoms with E-state index in [1.54, 1.807) is 7.05 Å². The molecule has 0 spiro atoms. The highest BCUT2D eigenvalue weighted by atomic mass is 127. The fourth-order valence-corrected chi connectivity index (χ4v) is 2.93. The van der Waals surface area contributed by atoms with E-state index >= 15 is 0 Å². The van der Waals surface area contributed by atoms with Crippen LogP contribution in [0.4, 0.5) is 4.39 Å². The summed E-state index contributed by atoms with van der Waals surface area (Å²) in [7, 11) is 1.64. The van der Waals surface area contributed by atoms with E-state index < -0.39 is 0 Å². The molecule has 0 unspecified atom stereocenters. The second kappa shape index (κ2) is 8.47. The van der Waals surface area contributed by atoms with Crippen molar-refractivity contribution < 1.29 is 9.18 Å². The van der Waals surface area contributed by atoms with Crippen LogP contribution < -0.4 is 5.32 Å². The third-order valence-corrected chi connectivity index (χ3v) is 4.37. The van der Waals surface area contributed by atoms with Gasteiger partial charge in [0.1, 0.15) is 5.82 Å². The molecular weight excluding hydrogens is 436 g/mol. The van der Waals surface area contributed by atoms with E-state index in [4.69, 9.17) is 5.26 Å². The van der Waals surface area contributed by atoms with E-state index in [-0.39, 0.29) is 48.8 Å². The number of amides is 1. The van der Waals surface area contributed by atoms with Gasteiger partial charge in [0.05, 0.1) is 18.2 Å². The zero-order valence-electron chi connectivity index (χ0n) is 14.0. The summed E-state index contributed by atoms with van der Waals surface area (Å²) in [5.41, 5.74) is 0.814. The van der Waals surface area contributed by atoms with Crippen LogP contribution in [0.25, 0.3) is 0 Å². The van der Waals surface area contributed by atoms with E-state index in [9.17, 15) is 9.18 Å². The van der Waals surface area contributed by atoms with Crippen molar-refractivity contribution in [1.29, 1.82) is 5.26 Å². The summed E-state index contributed by atoms with van der Waals surface area (Å²) in [5.74, 6) is 0.316. The Labute approximate surface area is 163 Å². The molecule has 1 N–H and O–H groups in total. The number of hydrogen-bond donors (Lipinski definition) is 1. The Morgan fingerprint density at radius 1 is 1.44 bits per heavy atom. The van der Waals surface area contributed by atoms with Crippen LogP contribution in [0.2, 0.25) is 0 Å². The predicted octanol–water partition coefficient (Wildman–Crippen LogP) is 1.70.